The molecular formula is C38H48N4O6S. The van der Waals surface area contributed by atoms with Gasteiger partial charge in [-0.3, -0.25) is 5.43 Å². The van der Waals surface area contributed by atoms with Gasteiger partial charge in [-0.15, -0.1) is 11.3 Å². The van der Waals surface area contributed by atoms with Gasteiger partial charge in [-0.1, -0.05) is 87.5 Å². The summed E-state index contributed by atoms with van der Waals surface area (Å²) in [7, 11) is 1.59. The Morgan fingerprint density at radius 1 is 0.878 bits per heavy atom. The van der Waals surface area contributed by atoms with Crippen LogP contribution in [0.4, 0.5) is 9.59 Å². The van der Waals surface area contributed by atoms with Gasteiger partial charge in [0, 0.05) is 29.4 Å². The predicted octanol–water partition coefficient (Wildman–Crippen LogP) is 7.26. The lowest BCUT2D eigenvalue weighted by Gasteiger charge is -2.31. The first-order chi connectivity index (χ1) is 23.2. The quantitative estimate of drug-likeness (QED) is 0.126. The molecule has 0 aliphatic heterocycles. The van der Waals surface area contributed by atoms with E-state index in [-0.39, 0.29) is 25.1 Å². The number of nitrogens with zero attached hydrogens (tertiary/aromatic N) is 2. The number of ether oxygens (including phenoxy) is 3. The van der Waals surface area contributed by atoms with E-state index in [1.54, 1.807) is 44.2 Å². The van der Waals surface area contributed by atoms with E-state index in [0.29, 0.717) is 12.2 Å². The third-order valence-corrected chi connectivity index (χ3v) is 8.39. The summed E-state index contributed by atoms with van der Waals surface area (Å²) in [6.07, 6.45) is -2.14. The first kappa shape index (κ1) is 37.4. The minimum absolute atomic E-state index is 0.0275. The maximum atomic E-state index is 13.0. The van der Waals surface area contributed by atoms with Crippen LogP contribution in [-0.4, -0.2) is 58.7 Å². The molecule has 0 unspecified atom stereocenters. The number of aliphatic hydroxyl groups excluding tert-OH is 1. The van der Waals surface area contributed by atoms with Gasteiger partial charge in [0.15, 0.2) is 0 Å². The zero-order valence-corrected chi connectivity index (χ0v) is 30.2. The number of aromatic nitrogens is 1. The van der Waals surface area contributed by atoms with Gasteiger partial charge in [-0.25, -0.2) is 19.6 Å². The van der Waals surface area contributed by atoms with Gasteiger partial charge in [-0.2, -0.15) is 0 Å². The molecule has 11 heteroatoms. The summed E-state index contributed by atoms with van der Waals surface area (Å²) in [5.41, 5.74) is 6.67. The van der Waals surface area contributed by atoms with Gasteiger partial charge in [0.1, 0.15) is 23.0 Å². The lowest BCUT2D eigenvalue weighted by molar-refractivity contribution is 0.0263. The molecule has 3 aromatic carbocycles. The molecule has 2 amide bonds. The summed E-state index contributed by atoms with van der Waals surface area (Å²) in [4.78, 5) is 30.7. The number of benzene rings is 3. The summed E-state index contributed by atoms with van der Waals surface area (Å²) in [6, 6.07) is 24.0. The number of hydrogen-bond acceptors (Lipinski definition) is 9. The van der Waals surface area contributed by atoms with Crippen molar-refractivity contribution in [3.8, 4) is 16.3 Å². The molecule has 0 aliphatic carbocycles. The number of methoxy groups -OCH3 is 1. The molecule has 0 radical (unpaired) electrons. The second-order valence-corrected chi connectivity index (χ2v) is 14.8. The highest BCUT2D eigenvalue weighted by atomic mass is 32.1. The molecule has 0 aliphatic rings. The number of nitrogens with one attached hydrogen (secondary N) is 2. The number of carbonyl (C=O) groups excluding carboxylic acids is 2. The van der Waals surface area contributed by atoms with Crippen LogP contribution in [0, 0.1) is 0 Å². The van der Waals surface area contributed by atoms with Crippen molar-refractivity contribution in [3.05, 3.63) is 107 Å². The minimum atomic E-state index is -1.12. The smallest absolute Gasteiger partial charge is 0.422 e. The van der Waals surface area contributed by atoms with Crippen LogP contribution in [0.3, 0.4) is 0 Å². The number of aliphatic hydroxyl groups is 1. The molecule has 1 aromatic heterocycles. The number of hydrazine groups is 1. The highest BCUT2D eigenvalue weighted by Crippen LogP contribution is 2.30. The summed E-state index contributed by atoms with van der Waals surface area (Å²) >= 11 is 1.60. The molecule has 10 nitrogen and oxygen atoms in total. The Morgan fingerprint density at radius 3 is 2.12 bits per heavy atom. The van der Waals surface area contributed by atoms with Gasteiger partial charge >= 0.3 is 12.2 Å². The topological polar surface area (TPSA) is 122 Å². The maximum Gasteiger partial charge on any atom is 0.422 e. The molecule has 0 spiro atoms. The van der Waals surface area contributed by atoms with Gasteiger partial charge in [0.05, 0.1) is 24.9 Å². The highest BCUT2D eigenvalue weighted by molar-refractivity contribution is 7.13. The molecule has 3 N–H and O–H groups in total. The molecule has 1 heterocycles. The van der Waals surface area contributed by atoms with E-state index in [2.05, 4.69) is 36.9 Å². The molecule has 4 aromatic rings. The second kappa shape index (κ2) is 16.8. The van der Waals surface area contributed by atoms with Crippen LogP contribution >= 0.6 is 11.3 Å². The fourth-order valence-electron chi connectivity index (χ4n) is 4.87. The number of carbonyl (C=O) groups is 2. The van der Waals surface area contributed by atoms with Crippen LogP contribution in [0.5, 0.6) is 5.75 Å². The number of hydrogen-bond donors (Lipinski definition) is 3. The van der Waals surface area contributed by atoms with Crippen LogP contribution in [-0.2, 0) is 34.5 Å². The highest BCUT2D eigenvalue weighted by Gasteiger charge is 2.28. The van der Waals surface area contributed by atoms with Crippen LogP contribution in [0.1, 0.15) is 63.9 Å². The summed E-state index contributed by atoms with van der Waals surface area (Å²) in [6.45, 7) is 12.1. The van der Waals surface area contributed by atoms with Crippen molar-refractivity contribution in [2.24, 2.45) is 0 Å². The molecule has 0 fully saturated rings. The monoisotopic (exact) mass is 688 g/mol. The van der Waals surface area contributed by atoms with Crippen molar-refractivity contribution in [2.45, 2.75) is 84.3 Å². The second-order valence-electron chi connectivity index (χ2n) is 13.9. The van der Waals surface area contributed by atoms with Crippen molar-refractivity contribution in [1.82, 2.24) is 20.7 Å². The molecule has 4 rings (SSSR count). The van der Waals surface area contributed by atoms with E-state index in [1.807, 2.05) is 78.9 Å². The van der Waals surface area contributed by atoms with E-state index >= 15 is 0 Å². The van der Waals surface area contributed by atoms with Crippen molar-refractivity contribution in [3.63, 3.8) is 0 Å². The zero-order valence-electron chi connectivity index (χ0n) is 29.4. The minimum Gasteiger partial charge on any atom is -0.497 e. The largest absolute Gasteiger partial charge is 0.497 e. The Hall–Kier alpha value is -4.45. The molecular weight excluding hydrogens is 641 g/mol. The number of alkyl carbamates (subject to hydrolysis) is 1. The molecule has 49 heavy (non-hydrogen) atoms. The van der Waals surface area contributed by atoms with Gasteiger partial charge in [-0.05, 0) is 56.0 Å². The normalized spacial score (nSPS) is 13.0. The van der Waals surface area contributed by atoms with Crippen LogP contribution in [0.25, 0.3) is 10.6 Å². The Labute approximate surface area is 293 Å². The van der Waals surface area contributed by atoms with Gasteiger partial charge in [0.25, 0.3) is 0 Å². The average molecular weight is 689 g/mol. The van der Waals surface area contributed by atoms with E-state index in [1.165, 1.54) is 0 Å². The predicted molar refractivity (Wildman–Crippen MR) is 192 cm³/mol. The Kier molecular flexibility index (Phi) is 12.8. The average Bonchev–Trinajstić information content (AvgIpc) is 3.55. The Morgan fingerprint density at radius 2 is 1.53 bits per heavy atom. The maximum absolute atomic E-state index is 13.0. The van der Waals surface area contributed by atoms with E-state index < -0.39 is 29.9 Å². The van der Waals surface area contributed by atoms with Crippen LogP contribution < -0.4 is 15.5 Å². The summed E-state index contributed by atoms with van der Waals surface area (Å²) < 4.78 is 16.3. The van der Waals surface area contributed by atoms with Crippen molar-refractivity contribution in [1.29, 1.82) is 0 Å². The molecule has 0 saturated heterocycles. The number of rotatable bonds is 13. The first-order valence-electron chi connectivity index (χ1n) is 16.3. The molecule has 0 bridgehead atoms. The fraction of sp³-hybridized carbons (Fsp3) is 0.395. The third-order valence-electron chi connectivity index (χ3n) is 7.50. The number of thiazole rings is 1. The Bertz CT molecular complexity index is 1630. The first-order valence-corrected chi connectivity index (χ1v) is 17.1. The molecule has 262 valence electrons. The van der Waals surface area contributed by atoms with Gasteiger partial charge in [0.2, 0.25) is 0 Å². The Balaban J connectivity index is 1.53. The van der Waals surface area contributed by atoms with E-state index in [4.69, 9.17) is 19.2 Å². The SMILES string of the molecule is COc1ccc(C[C@H](NC(=O)OC(C)(C)C)[C@@H](O)CN(Cc2ccc(-c3nc(C(C)(C)C)cs3)cc2)NC(=O)OCc2ccccc2)cc1. The van der Waals surface area contributed by atoms with Gasteiger partial charge < -0.3 is 24.6 Å². The van der Waals surface area contributed by atoms with E-state index in [0.717, 1.165) is 33.0 Å². The standard InChI is InChI=1S/C38H48N4O6S/c1-37(2,3)33-25-49-34(40-33)29-17-13-27(14-18-29)22-42(41-36(45)47-24-28-11-9-8-10-12-28)23-32(43)31(39-35(44)48-38(4,5)6)21-26-15-19-30(46-7)20-16-26/h8-20,25,31-32,43H,21-24H2,1-7H3,(H,39,44)(H,41,45)/t31-,32-/m0/s1. The van der Waals surface area contributed by atoms with Crippen LogP contribution in [0.2, 0.25) is 0 Å². The lowest BCUT2D eigenvalue weighted by atomic mass is 9.93. The summed E-state index contributed by atoms with van der Waals surface area (Å²) in [5.74, 6) is 0.695. The molecule has 2 atom stereocenters. The molecule has 0 saturated carbocycles. The lowest BCUT2D eigenvalue weighted by Crippen LogP contribution is -2.53. The van der Waals surface area contributed by atoms with Crippen molar-refractivity contribution >= 4 is 23.5 Å². The van der Waals surface area contributed by atoms with Crippen molar-refractivity contribution in [2.75, 3.05) is 13.7 Å². The van der Waals surface area contributed by atoms with E-state index in [9.17, 15) is 14.7 Å². The van der Waals surface area contributed by atoms with Crippen LogP contribution in [0.15, 0.2) is 84.2 Å². The fourth-order valence-corrected chi connectivity index (χ4v) is 5.92. The summed E-state index contributed by atoms with van der Waals surface area (Å²) in [5, 5.41) is 19.1. The zero-order chi connectivity index (χ0) is 35.6. The third kappa shape index (κ3) is 12.2. The van der Waals surface area contributed by atoms with Crippen molar-refractivity contribution < 1.29 is 28.9 Å². The number of amides is 2.